The van der Waals surface area contributed by atoms with Gasteiger partial charge in [-0.15, -0.1) is 11.8 Å². The van der Waals surface area contributed by atoms with Gasteiger partial charge in [0.05, 0.1) is 18.3 Å². The summed E-state index contributed by atoms with van der Waals surface area (Å²) in [6.45, 7) is 0. The Morgan fingerprint density at radius 2 is 1.60 bits per heavy atom. The number of rotatable bonds is 4. The van der Waals surface area contributed by atoms with Crippen LogP contribution in [0.1, 0.15) is 12.0 Å². The number of likely N-dealkylation sites (tertiary alicyclic amines) is 1. The maximum atomic E-state index is 13.2. The van der Waals surface area contributed by atoms with Gasteiger partial charge in [0.15, 0.2) is 0 Å². The molecule has 5 rings (SSSR count). The second-order valence-corrected chi connectivity index (χ2v) is 9.41. The van der Waals surface area contributed by atoms with Gasteiger partial charge in [-0.3, -0.25) is 24.1 Å². The monoisotopic (exact) mass is 421 g/mol. The second kappa shape index (κ2) is 6.43. The maximum Gasteiger partial charge on any atom is 0.239 e. The summed E-state index contributed by atoms with van der Waals surface area (Å²) in [5, 5.41) is 5.77. The lowest BCUT2D eigenvalue weighted by molar-refractivity contribution is -0.139. The molecular weight excluding hydrogens is 402 g/mol. The summed E-state index contributed by atoms with van der Waals surface area (Å²) >= 11 is 1.24. The summed E-state index contributed by atoms with van der Waals surface area (Å²) in [5.74, 6) is -3.11. The molecule has 4 atom stereocenters. The number of thioether (sulfide) groups is 1. The van der Waals surface area contributed by atoms with Gasteiger partial charge in [-0.2, -0.15) is 0 Å². The number of benzene rings is 2. The summed E-state index contributed by atoms with van der Waals surface area (Å²) in [7, 11) is 1.44. The van der Waals surface area contributed by atoms with Crippen LogP contribution in [0.3, 0.4) is 0 Å². The highest BCUT2D eigenvalue weighted by Crippen LogP contribution is 2.68. The van der Waals surface area contributed by atoms with Crippen LogP contribution in [0.4, 0.5) is 5.69 Å². The molecule has 2 aromatic carbocycles. The standard InChI is InChI=1S/C22H19N3O4S/c1-25-18(27)16-17(19(25)28)22(13-8-4-2-5-9-13)24-20(29)21(16,30-22)12-15(26)23-14-10-6-3-7-11-14/h2-11,16-17H,12H2,1H3,(H,23,26)(H,24,29)/t16-,17+,21-,22+/m0/s1. The maximum absolute atomic E-state index is 13.2. The van der Waals surface area contributed by atoms with E-state index in [0.717, 1.165) is 10.5 Å². The number of hydrogen-bond donors (Lipinski definition) is 2. The zero-order valence-electron chi connectivity index (χ0n) is 16.1. The van der Waals surface area contributed by atoms with Crippen molar-refractivity contribution in [1.82, 2.24) is 10.2 Å². The third-order valence-electron chi connectivity index (χ3n) is 6.18. The lowest BCUT2D eigenvalue weighted by Crippen LogP contribution is -2.57. The van der Waals surface area contributed by atoms with Gasteiger partial charge in [0.2, 0.25) is 23.6 Å². The van der Waals surface area contributed by atoms with Crippen LogP contribution in [0.5, 0.6) is 0 Å². The molecule has 0 saturated carbocycles. The minimum Gasteiger partial charge on any atom is -0.336 e. The number of nitrogens with zero attached hydrogens (tertiary/aromatic N) is 1. The fraction of sp³-hybridized carbons (Fsp3) is 0.273. The molecule has 7 nitrogen and oxygen atoms in total. The predicted molar refractivity (Wildman–Crippen MR) is 111 cm³/mol. The molecule has 8 heteroatoms. The third kappa shape index (κ3) is 2.40. The van der Waals surface area contributed by atoms with Crippen molar-refractivity contribution in [2.45, 2.75) is 16.0 Å². The number of amides is 4. The molecule has 30 heavy (non-hydrogen) atoms. The minimum atomic E-state index is -1.34. The van der Waals surface area contributed by atoms with Gasteiger partial charge in [0.25, 0.3) is 0 Å². The number of piperidine rings is 1. The Morgan fingerprint density at radius 1 is 1.00 bits per heavy atom. The Kier molecular flexibility index (Phi) is 4.05. The van der Waals surface area contributed by atoms with Crippen LogP contribution in [-0.4, -0.2) is 40.3 Å². The second-order valence-electron chi connectivity index (χ2n) is 7.83. The molecule has 4 amide bonds. The van der Waals surface area contributed by atoms with Gasteiger partial charge >= 0.3 is 0 Å². The number of nitrogens with one attached hydrogen (secondary N) is 2. The molecule has 3 aliphatic heterocycles. The Labute approximate surface area is 177 Å². The molecule has 3 fully saturated rings. The third-order valence-corrected chi connectivity index (χ3v) is 8.04. The molecule has 2 aromatic rings. The van der Waals surface area contributed by atoms with E-state index in [1.807, 2.05) is 36.4 Å². The van der Waals surface area contributed by atoms with Crippen molar-refractivity contribution in [3.63, 3.8) is 0 Å². The largest absolute Gasteiger partial charge is 0.336 e. The molecule has 152 valence electrons. The van der Waals surface area contributed by atoms with Gasteiger partial charge in [-0.05, 0) is 17.7 Å². The molecule has 0 aromatic heterocycles. The van der Waals surface area contributed by atoms with Crippen molar-refractivity contribution in [3.8, 4) is 0 Å². The first-order chi connectivity index (χ1) is 14.4. The van der Waals surface area contributed by atoms with Crippen molar-refractivity contribution in [1.29, 1.82) is 0 Å². The zero-order chi connectivity index (χ0) is 21.1. The van der Waals surface area contributed by atoms with Crippen LogP contribution in [0.2, 0.25) is 0 Å². The van der Waals surface area contributed by atoms with E-state index in [0.29, 0.717) is 5.69 Å². The molecule has 0 radical (unpaired) electrons. The van der Waals surface area contributed by atoms with E-state index in [-0.39, 0.29) is 24.1 Å². The lowest BCUT2D eigenvalue weighted by atomic mass is 9.72. The number of imide groups is 1. The van der Waals surface area contributed by atoms with Gasteiger partial charge in [-0.25, -0.2) is 0 Å². The van der Waals surface area contributed by atoms with Crippen molar-refractivity contribution >= 4 is 41.1 Å². The Balaban J connectivity index is 1.56. The van der Waals surface area contributed by atoms with Gasteiger partial charge < -0.3 is 10.6 Å². The van der Waals surface area contributed by atoms with Crippen molar-refractivity contribution in [2.24, 2.45) is 11.8 Å². The average Bonchev–Trinajstić information content (AvgIpc) is 3.29. The van der Waals surface area contributed by atoms with Crippen molar-refractivity contribution < 1.29 is 19.2 Å². The highest BCUT2D eigenvalue weighted by Gasteiger charge is 2.79. The van der Waals surface area contributed by atoms with Crippen LogP contribution in [0.25, 0.3) is 0 Å². The summed E-state index contributed by atoms with van der Waals surface area (Å²) in [6, 6.07) is 18.1. The molecule has 3 aliphatic rings. The Bertz CT molecular complexity index is 1080. The van der Waals surface area contributed by atoms with E-state index < -0.39 is 27.4 Å². The van der Waals surface area contributed by atoms with E-state index in [4.69, 9.17) is 0 Å². The highest BCUT2D eigenvalue weighted by molar-refractivity contribution is 8.03. The van der Waals surface area contributed by atoms with E-state index in [9.17, 15) is 19.2 Å². The predicted octanol–water partition coefficient (Wildman–Crippen LogP) is 1.71. The Morgan fingerprint density at radius 3 is 2.27 bits per heavy atom. The van der Waals surface area contributed by atoms with E-state index in [1.165, 1.54) is 18.8 Å². The van der Waals surface area contributed by atoms with Crippen molar-refractivity contribution in [3.05, 3.63) is 66.2 Å². The lowest BCUT2D eigenvalue weighted by Gasteiger charge is -2.34. The zero-order valence-corrected chi connectivity index (χ0v) is 16.9. The smallest absolute Gasteiger partial charge is 0.239 e. The number of hydrogen-bond acceptors (Lipinski definition) is 5. The minimum absolute atomic E-state index is 0.193. The molecule has 3 heterocycles. The summed E-state index contributed by atoms with van der Waals surface area (Å²) in [5.41, 5.74) is 1.36. The summed E-state index contributed by atoms with van der Waals surface area (Å²) in [6.07, 6.45) is -0.193. The van der Waals surface area contributed by atoms with Gasteiger partial charge in [-0.1, -0.05) is 48.5 Å². The first-order valence-electron chi connectivity index (χ1n) is 9.64. The number of para-hydroxylation sites is 1. The van der Waals surface area contributed by atoms with Crippen molar-refractivity contribution in [2.75, 3.05) is 12.4 Å². The van der Waals surface area contributed by atoms with Crippen LogP contribution in [0, 0.1) is 11.8 Å². The quantitative estimate of drug-likeness (QED) is 0.733. The van der Waals surface area contributed by atoms with E-state index in [2.05, 4.69) is 10.6 Å². The Hall–Kier alpha value is -3.13. The van der Waals surface area contributed by atoms with Crippen LogP contribution < -0.4 is 10.6 Å². The number of carbonyl (C=O) groups is 4. The molecule has 0 aliphatic carbocycles. The van der Waals surface area contributed by atoms with Crippen LogP contribution in [0.15, 0.2) is 60.7 Å². The average molecular weight is 421 g/mol. The topological polar surface area (TPSA) is 95.6 Å². The first-order valence-corrected chi connectivity index (χ1v) is 10.5. The molecule has 0 spiro atoms. The molecule has 0 unspecified atom stereocenters. The summed E-state index contributed by atoms with van der Waals surface area (Å²) < 4.78 is -1.34. The number of carbonyl (C=O) groups excluding carboxylic acids is 4. The highest BCUT2D eigenvalue weighted by atomic mass is 32.2. The fourth-order valence-corrected chi connectivity index (χ4v) is 6.90. The van der Waals surface area contributed by atoms with Crippen LogP contribution in [-0.2, 0) is 24.0 Å². The van der Waals surface area contributed by atoms with E-state index in [1.54, 1.807) is 24.3 Å². The number of anilines is 1. The van der Waals surface area contributed by atoms with E-state index >= 15 is 0 Å². The van der Waals surface area contributed by atoms with Crippen LogP contribution >= 0.6 is 11.8 Å². The number of fused-ring (bicyclic) bond motifs is 5. The SMILES string of the molecule is CN1C(=O)[C@@H]2[C@H](C1=O)[C@]1(c3ccccc3)NC(=O)[C@@]2(CC(=O)Nc2ccccc2)S1. The molecule has 2 bridgehead atoms. The molecule has 3 saturated heterocycles. The normalized spacial score (nSPS) is 31.6. The summed E-state index contributed by atoms with van der Waals surface area (Å²) in [4.78, 5) is 52.2. The van der Waals surface area contributed by atoms with Gasteiger partial charge in [0, 0.05) is 12.7 Å². The molecule has 2 N–H and O–H groups in total. The molecular formula is C22H19N3O4S. The van der Waals surface area contributed by atoms with Gasteiger partial charge in [0.1, 0.15) is 9.62 Å². The first kappa shape index (κ1) is 18.9. The fourth-order valence-electron chi connectivity index (χ4n) is 4.86.